The van der Waals surface area contributed by atoms with Crippen LogP contribution < -0.4 is 11.3 Å². The first kappa shape index (κ1) is 10.5. The Morgan fingerprint density at radius 1 is 1.43 bits per heavy atom. The molecule has 0 fully saturated rings. The van der Waals surface area contributed by atoms with Crippen molar-refractivity contribution in [2.45, 2.75) is 6.18 Å². The van der Waals surface area contributed by atoms with E-state index in [1.165, 1.54) is 0 Å². The molecule has 0 bridgehead atoms. The van der Waals surface area contributed by atoms with Gasteiger partial charge in [0.25, 0.3) is 5.91 Å². The summed E-state index contributed by atoms with van der Waals surface area (Å²) in [6.07, 6.45) is -4.56. The Morgan fingerprint density at radius 3 is 2.57 bits per heavy atom. The van der Waals surface area contributed by atoms with Gasteiger partial charge in [-0.3, -0.25) is 10.2 Å². The fourth-order valence-corrected chi connectivity index (χ4v) is 0.793. The Kier molecular flexibility index (Phi) is 2.70. The molecule has 0 aliphatic carbocycles. The topological polar surface area (TPSA) is 68.0 Å². The van der Waals surface area contributed by atoms with Gasteiger partial charge < -0.3 is 0 Å². The number of amides is 1. The van der Waals surface area contributed by atoms with Gasteiger partial charge in [-0.1, -0.05) is 6.07 Å². The molecule has 0 saturated carbocycles. The van der Waals surface area contributed by atoms with E-state index in [1.54, 1.807) is 5.43 Å². The number of aromatic nitrogens is 1. The third kappa shape index (κ3) is 2.19. The average Bonchev–Trinajstić information content (AvgIpc) is 2.15. The lowest BCUT2D eigenvalue weighted by Crippen LogP contribution is -2.31. The average molecular weight is 205 g/mol. The molecule has 0 radical (unpaired) electrons. The van der Waals surface area contributed by atoms with Gasteiger partial charge in [-0.2, -0.15) is 13.2 Å². The normalized spacial score (nSPS) is 11.1. The van der Waals surface area contributed by atoms with E-state index in [0.29, 0.717) is 0 Å². The molecule has 1 amide bonds. The number of nitrogens with one attached hydrogen (secondary N) is 1. The van der Waals surface area contributed by atoms with Gasteiger partial charge in [0.05, 0.1) is 0 Å². The first-order chi connectivity index (χ1) is 6.45. The Balaban J connectivity index is 3.08. The van der Waals surface area contributed by atoms with Gasteiger partial charge in [0.2, 0.25) is 0 Å². The first-order valence-electron chi connectivity index (χ1n) is 3.50. The highest BCUT2D eigenvalue weighted by molar-refractivity contribution is 5.91. The second-order valence-corrected chi connectivity index (χ2v) is 2.38. The van der Waals surface area contributed by atoms with Gasteiger partial charge in [0.1, 0.15) is 11.4 Å². The molecule has 4 nitrogen and oxygen atoms in total. The number of hydrogen-bond donors (Lipinski definition) is 2. The third-order valence-corrected chi connectivity index (χ3v) is 1.40. The van der Waals surface area contributed by atoms with E-state index in [1.807, 2.05) is 0 Å². The summed E-state index contributed by atoms with van der Waals surface area (Å²) in [7, 11) is 0. The second kappa shape index (κ2) is 3.62. The molecule has 0 saturated heterocycles. The van der Waals surface area contributed by atoms with E-state index in [2.05, 4.69) is 4.98 Å². The number of alkyl halides is 3. The van der Waals surface area contributed by atoms with Gasteiger partial charge >= 0.3 is 6.18 Å². The van der Waals surface area contributed by atoms with Gasteiger partial charge in [0, 0.05) is 0 Å². The van der Waals surface area contributed by atoms with E-state index < -0.39 is 17.8 Å². The van der Waals surface area contributed by atoms with Crippen LogP contribution in [0.3, 0.4) is 0 Å². The van der Waals surface area contributed by atoms with E-state index in [9.17, 15) is 18.0 Å². The van der Waals surface area contributed by atoms with Crippen LogP contribution in [-0.2, 0) is 6.18 Å². The third-order valence-electron chi connectivity index (χ3n) is 1.40. The molecule has 7 heteroatoms. The quantitative estimate of drug-likeness (QED) is 0.403. The van der Waals surface area contributed by atoms with Crippen molar-refractivity contribution in [1.82, 2.24) is 10.4 Å². The van der Waals surface area contributed by atoms with Crippen LogP contribution in [0.1, 0.15) is 16.2 Å². The second-order valence-electron chi connectivity index (χ2n) is 2.38. The van der Waals surface area contributed by atoms with Gasteiger partial charge in [-0.15, -0.1) is 0 Å². The van der Waals surface area contributed by atoms with Crippen molar-refractivity contribution < 1.29 is 18.0 Å². The lowest BCUT2D eigenvalue weighted by atomic mass is 10.3. The maximum absolute atomic E-state index is 12.1. The molecule has 0 aliphatic heterocycles. The van der Waals surface area contributed by atoms with Gasteiger partial charge in [-0.05, 0) is 12.1 Å². The molecule has 0 aromatic carbocycles. The number of rotatable bonds is 1. The maximum Gasteiger partial charge on any atom is 0.433 e. The Labute approximate surface area is 76.9 Å². The number of halogens is 3. The Hall–Kier alpha value is -1.63. The highest BCUT2D eigenvalue weighted by Gasteiger charge is 2.32. The van der Waals surface area contributed by atoms with Crippen LogP contribution in [0.15, 0.2) is 18.2 Å². The van der Waals surface area contributed by atoms with Crippen molar-refractivity contribution in [3.05, 3.63) is 29.6 Å². The molecule has 0 atom stereocenters. The van der Waals surface area contributed by atoms with Crippen LogP contribution in [0.25, 0.3) is 0 Å². The summed E-state index contributed by atoms with van der Waals surface area (Å²) < 4.78 is 36.3. The minimum absolute atomic E-state index is 0.373. The predicted octanol–water partition coefficient (Wildman–Crippen LogP) is 0.704. The Bertz CT molecular complexity index is 350. The van der Waals surface area contributed by atoms with Crippen molar-refractivity contribution >= 4 is 5.91 Å². The van der Waals surface area contributed by atoms with E-state index in [-0.39, 0.29) is 5.69 Å². The van der Waals surface area contributed by atoms with Crippen molar-refractivity contribution in [2.75, 3.05) is 0 Å². The van der Waals surface area contributed by atoms with Crippen LogP contribution in [0.5, 0.6) is 0 Å². The number of hydrazine groups is 1. The number of nitrogen functional groups attached to an aromatic ring is 1. The van der Waals surface area contributed by atoms with Gasteiger partial charge in [0.15, 0.2) is 0 Å². The maximum atomic E-state index is 12.1. The zero-order valence-electron chi connectivity index (χ0n) is 6.80. The number of nitrogens with two attached hydrogens (primary N) is 1. The molecule has 0 spiro atoms. The number of carbonyl (C=O) groups excluding carboxylic acids is 1. The zero-order valence-corrected chi connectivity index (χ0v) is 6.80. The fourth-order valence-electron chi connectivity index (χ4n) is 0.793. The number of pyridine rings is 1. The number of nitrogens with zero attached hydrogens (tertiary/aromatic N) is 1. The molecule has 1 heterocycles. The molecular formula is C7H6F3N3O. The lowest BCUT2D eigenvalue weighted by Gasteiger charge is -2.06. The number of carbonyl (C=O) groups is 1. The summed E-state index contributed by atoms with van der Waals surface area (Å²) in [6, 6.07) is 2.99. The summed E-state index contributed by atoms with van der Waals surface area (Å²) in [5.41, 5.74) is 0.192. The molecule has 0 unspecified atom stereocenters. The standard InChI is InChI=1S/C7H6F3N3O/c8-7(9,10)5-3-1-2-4(12-5)6(14)13-11/h1-3H,11H2,(H,13,14). The summed E-state index contributed by atoms with van der Waals surface area (Å²) >= 11 is 0. The van der Waals surface area contributed by atoms with E-state index in [0.717, 1.165) is 18.2 Å². The van der Waals surface area contributed by atoms with Crippen molar-refractivity contribution in [1.29, 1.82) is 0 Å². The molecule has 76 valence electrons. The predicted molar refractivity (Wildman–Crippen MR) is 40.9 cm³/mol. The van der Waals surface area contributed by atoms with Gasteiger partial charge in [-0.25, -0.2) is 10.8 Å². The smallest absolute Gasteiger partial charge is 0.289 e. The van der Waals surface area contributed by atoms with Crippen LogP contribution in [0.4, 0.5) is 13.2 Å². The van der Waals surface area contributed by atoms with Crippen molar-refractivity contribution in [2.24, 2.45) is 5.84 Å². The van der Waals surface area contributed by atoms with E-state index in [4.69, 9.17) is 5.84 Å². The van der Waals surface area contributed by atoms with E-state index >= 15 is 0 Å². The molecule has 0 aliphatic rings. The van der Waals surface area contributed by atoms with Crippen LogP contribution >= 0.6 is 0 Å². The molecular weight excluding hydrogens is 199 g/mol. The largest absolute Gasteiger partial charge is 0.433 e. The summed E-state index contributed by atoms with van der Waals surface area (Å²) in [6.45, 7) is 0. The highest BCUT2D eigenvalue weighted by Crippen LogP contribution is 2.27. The fraction of sp³-hybridized carbons (Fsp3) is 0.143. The molecule has 14 heavy (non-hydrogen) atoms. The monoisotopic (exact) mass is 205 g/mol. The molecule has 1 rings (SSSR count). The summed E-state index contributed by atoms with van der Waals surface area (Å²) in [4.78, 5) is 13.9. The molecule has 3 N–H and O–H groups in total. The number of hydrogen-bond acceptors (Lipinski definition) is 3. The summed E-state index contributed by atoms with van der Waals surface area (Å²) in [5, 5.41) is 0. The molecule has 1 aromatic heterocycles. The lowest BCUT2D eigenvalue weighted by molar-refractivity contribution is -0.141. The van der Waals surface area contributed by atoms with Crippen LogP contribution in [0, 0.1) is 0 Å². The first-order valence-corrected chi connectivity index (χ1v) is 3.50. The van der Waals surface area contributed by atoms with Crippen LogP contribution in [-0.4, -0.2) is 10.9 Å². The zero-order chi connectivity index (χ0) is 10.8. The highest BCUT2D eigenvalue weighted by atomic mass is 19.4. The summed E-state index contributed by atoms with van der Waals surface area (Å²) in [5.74, 6) is 3.88. The molecule has 1 aromatic rings. The Morgan fingerprint density at radius 2 is 2.07 bits per heavy atom. The minimum atomic E-state index is -4.56. The van der Waals surface area contributed by atoms with Crippen molar-refractivity contribution in [3.63, 3.8) is 0 Å². The minimum Gasteiger partial charge on any atom is -0.289 e. The van der Waals surface area contributed by atoms with Crippen molar-refractivity contribution in [3.8, 4) is 0 Å². The van der Waals surface area contributed by atoms with Crippen LogP contribution in [0.2, 0.25) is 0 Å². The SMILES string of the molecule is NNC(=O)c1cccc(C(F)(F)F)n1.